The fraction of sp³-hybridized carbons (Fsp3) is 0.423. The lowest BCUT2D eigenvalue weighted by Gasteiger charge is -2.13. The molecular weight excluding hydrogens is 510 g/mol. The minimum absolute atomic E-state index is 0.104. The Bertz CT molecular complexity index is 1270. The lowest BCUT2D eigenvalue weighted by molar-refractivity contribution is -0.120. The van der Waals surface area contributed by atoms with E-state index in [0.29, 0.717) is 21.5 Å². The van der Waals surface area contributed by atoms with Crippen molar-refractivity contribution in [3.8, 4) is 0 Å². The Morgan fingerprint density at radius 1 is 1.16 bits per heavy atom. The summed E-state index contributed by atoms with van der Waals surface area (Å²) in [5, 5.41) is 14.8. The van der Waals surface area contributed by atoms with Gasteiger partial charge in [-0.3, -0.25) is 9.59 Å². The summed E-state index contributed by atoms with van der Waals surface area (Å²) in [5.41, 5.74) is 2.45. The third-order valence-corrected chi connectivity index (χ3v) is 8.46. The number of aromatic nitrogens is 3. The Labute approximate surface area is 224 Å². The van der Waals surface area contributed by atoms with Crippen LogP contribution in [0.15, 0.2) is 35.5 Å². The van der Waals surface area contributed by atoms with Crippen molar-refractivity contribution < 1.29 is 19.1 Å². The lowest BCUT2D eigenvalue weighted by Crippen LogP contribution is -2.26. The van der Waals surface area contributed by atoms with Crippen LogP contribution in [0.3, 0.4) is 0 Å². The summed E-state index contributed by atoms with van der Waals surface area (Å²) in [5.74, 6) is -0.126. The van der Waals surface area contributed by atoms with Crippen molar-refractivity contribution in [2.24, 2.45) is 7.05 Å². The van der Waals surface area contributed by atoms with Gasteiger partial charge in [0.1, 0.15) is 5.00 Å². The van der Waals surface area contributed by atoms with Gasteiger partial charge in [0, 0.05) is 11.9 Å². The molecule has 0 bridgehead atoms. The van der Waals surface area contributed by atoms with Crippen molar-refractivity contribution in [2.45, 2.75) is 62.9 Å². The number of thioether (sulfide) groups is 1. The van der Waals surface area contributed by atoms with E-state index in [1.807, 2.05) is 30.3 Å². The number of nitrogens with zero attached hydrogens (tertiary/aromatic N) is 3. The molecule has 4 rings (SSSR count). The molecule has 2 amide bonds. The van der Waals surface area contributed by atoms with Crippen LogP contribution >= 0.6 is 23.1 Å². The fourth-order valence-electron chi connectivity index (χ4n) is 4.12. The van der Waals surface area contributed by atoms with Crippen LogP contribution in [-0.4, -0.2) is 44.4 Å². The third kappa shape index (κ3) is 6.58. The second-order valence-electron chi connectivity index (χ2n) is 8.78. The number of amides is 2. The highest BCUT2D eigenvalue weighted by Gasteiger charge is 2.28. The number of aryl methyl sites for hydroxylation is 1. The van der Waals surface area contributed by atoms with Gasteiger partial charge >= 0.3 is 5.97 Å². The topological polar surface area (TPSA) is 115 Å². The zero-order valence-corrected chi connectivity index (χ0v) is 22.8. The van der Waals surface area contributed by atoms with Gasteiger partial charge in [0.05, 0.1) is 30.4 Å². The van der Waals surface area contributed by atoms with Gasteiger partial charge in [-0.25, -0.2) is 4.79 Å². The largest absolute Gasteiger partial charge is 0.462 e. The van der Waals surface area contributed by atoms with Crippen LogP contribution in [0.5, 0.6) is 0 Å². The number of nitrogens with one attached hydrogen (secondary N) is 2. The van der Waals surface area contributed by atoms with Crippen molar-refractivity contribution in [3.63, 3.8) is 0 Å². The second-order valence-corrected chi connectivity index (χ2v) is 11.2. The number of carbonyl (C=O) groups is 3. The van der Waals surface area contributed by atoms with Gasteiger partial charge in [0.15, 0.2) is 11.0 Å². The maximum absolute atomic E-state index is 13.1. The van der Waals surface area contributed by atoms with Crippen molar-refractivity contribution in [1.29, 1.82) is 0 Å². The molecule has 1 aliphatic rings. The molecule has 0 radical (unpaired) electrons. The lowest BCUT2D eigenvalue weighted by atomic mass is 9.95. The van der Waals surface area contributed by atoms with Crippen LogP contribution in [0.25, 0.3) is 0 Å². The molecule has 37 heavy (non-hydrogen) atoms. The molecule has 0 aliphatic heterocycles. The molecule has 0 fully saturated rings. The van der Waals surface area contributed by atoms with E-state index in [1.54, 1.807) is 25.5 Å². The number of thiophene rings is 1. The first kappa shape index (κ1) is 26.9. The first-order valence-corrected chi connectivity index (χ1v) is 14.0. The fourth-order valence-corrected chi connectivity index (χ4v) is 6.24. The number of carbonyl (C=O) groups excluding carboxylic acids is 3. The van der Waals surface area contributed by atoms with Crippen LogP contribution in [-0.2, 0) is 47.2 Å². The summed E-state index contributed by atoms with van der Waals surface area (Å²) in [4.78, 5) is 39.2. The molecule has 0 saturated carbocycles. The molecule has 0 saturated heterocycles. The summed E-state index contributed by atoms with van der Waals surface area (Å²) in [6, 6.07) is 9.52. The Morgan fingerprint density at radius 2 is 1.92 bits per heavy atom. The summed E-state index contributed by atoms with van der Waals surface area (Å²) < 4.78 is 7.05. The van der Waals surface area contributed by atoms with Crippen LogP contribution in [0, 0.1) is 0 Å². The van der Waals surface area contributed by atoms with Crippen molar-refractivity contribution >= 4 is 45.9 Å². The molecule has 2 aromatic heterocycles. The highest BCUT2D eigenvalue weighted by Crippen LogP contribution is 2.39. The number of benzene rings is 1. The maximum Gasteiger partial charge on any atom is 0.341 e. The summed E-state index contributed by atoms with van der Waals surface area (Å²) in [6.07, 6.45) is 4.13. The minimum Gasteiger partial charge on any atom is -0.462 e. The number of ether oxygens (including phenoxy) is 1. The Morgan fingerprint density at radius 3 is 2.68 bits per heavy atom. The smallest absolute Gasteiger partial charge is 0.341 e. The number of anilines is 1. The zero-order chi connectivity index (χ0) is 26.4. The number of hydrogen-bond acceptors (Lipinski definition) is 8. The molecule has 9 nitrogen and oxygen atoms in total. The number of hydrogen-bond donors (Lipinski definition) is 2. The standard InChI is InChI=1S/C26H31N5O4S2/c1-4-35-25(34)22-18-12-8-9-13-19(18)37-24(22)28-23(33)16(2)36-26-30-29-20(31(26)3)15-27-21(32)14-17-10-6-5-7-11-17/h5-7,10-11,16H,4,8-9,12-15H2,1-3H3,(H,27,32)(H,28,33). The average Bonchev–Trinajstić information content (AvgIpc) is 3.43. The summed E-state index contributed by atoms with van der Waals surface area (Å²) in [6.45, 7) is 4.08. The van der Waals surface area contributed by atoms with Gasteiger partial charge in [-0.15, -0.1) is 21.5 Å². The molecule has 1 aliphatic carbocycles. The number of fused-ring (bicyclic) bond motifs is 1. The van der Waals surface area contributed by atoms with E-state index >= 15 is 0 Å². The van der Waals surface area contributed by atoms with Gasteiger partial charge in [0.2, 0.25) is 11.8 Å². The predicted octanol–water partition coefficient (Wildman–Crippen LogP) is 3.91. The van der Waals surface area contributed by atoms with E-state index in [-0.39, 0.29) is 37.4 Å². The zero-order valence-electron chi connectivity index (χ0n) is 21.2. The first-order valence-electron chi connectivity index (χ1n) is 12.4. The third-order valence-electron chi connectivity index (χ3n) is 6.12. The highest BCUT2D eigenvalue weighted by atomic mass is 32.2. The maximum atomic E-state index is 13.1. The molecule has 0 spiro atoms. The predicted molar refractivity (Wildman–Crippen MR) is 144 cm³/mol. The van der Waals surface area contributed by atoms with Crippen LogP contribution < -0.4 is 10.6 Å². The Hall–Kier alpha value is -3.18. The molecule has 1 aromatic carbocycles. The van der Waals surface area contributed by atoms with E-state index in [0.717, 1.165) is 41.7 Å². The quantitative estimate of drug-likeness (QED) is 0.295. The van der Waals surface area contributed by atoms with Crippen molar-refractivity contribution in [2.75, 3.05) is 11.9 Å². The highest BCUT2D eigenvalue weighted by molar-refractivity contribution is 8.00. The Balaban J connectivity index is 1.37. The molecule has 1 atom stereocenters. The molecule has 196 valence electrons. The van der Waals surface area contributed by atoms with E-state index in [9.17, 15) is 14.4 Å². The van der Waals surface area contributed by atoms with Gasteiger partial charge < -0.3 is 19.9 Å². The van der Waals surface area contributed by atoms with Crippen molar-refractivity contribution in [1.82, 2.24) is 20.1 Å². The average molecular weight is 542 g/mol. The number of rotatable bonds is 10. The normalized spacial score (nSPS) is 13.5. The van der Waals surface area contributed by atoms with Gasteiger partial charge in [-0.1, -0.05) is 42.1 Å². The van der Waals surface area contributed by atoms with Crippen molar-refractivity contribution in [3.05, 3.63) is 57.7 Å². The van der Waals surface area contributed by atoms with Crippen LogP contribution in [0.2, 0.25) is 0 Å². The SMILES string of the molecule is CCOC(=O)c1c(NC(=O)C(C)Sc2nnc(CNC(=O)Cc3ccccc3)n2C)sc2c1CCCC2. The molecule has 11 heteroatoms. The Kier molecular flexibility index (Phi) is 8.99. The van der Waals surface area contributed by atoms with Gasteiger partial charge in [-0.2, -0.15) is 0 Å². The van der Waals surface area contributed by atoms with E-state index < -0.39 is 5.25 Å². The van der Waals surface area contributed by atoms with Gasteiger partial charge in [0.25, 0.3) is 0 Å². The molecule has 2 N–H and O–H groups in total. The first-order chi connectivity index (χ1) is 17.9. The summed E-state index contributed by atoms with van der Waals surface area (Å²) in [7, 11) is 1.80. The monoisotopic (exact) mass is 541 g/mol. The molecule has 1 unspecified atom stereocenters. The minimum atomic E-state index is -0.488. The number of esters is 1. The van der Waals surface area contributed by atoms with Crippen LogP contribution in [0.1, 0.15) is 58.9 Å². The van der Waals surface area contributed by atoms with Gasteiger partial charge in [-0.05, 0) is 50.7 Å². The van der Waals surface area contributed by atoms with E-state index in [4.69, 9.17) is 4.74 Å². The molecular formula is C26H31N5O4S2. The molecule has 2 heterocycles. The molecule has 3 aromatic rings. The van der Waals surface area contributed by atoms with E-state index in [1.165, 1.54) is 23.1 Å². The summed E-state index contributed by atoms with van der Waals surface area (Å²) >= 11 is 2.74. The van der Waals surface area contributed by atoms with E-state index in [2.05, 4.69) is 20.8 Å². The second kappa shape index (κ2) is 12.4. The van der Waals surface area contributed by atoms with Crippen LogP contribution in [0.4, 0.5) is 5.00 Å².